The van der Waals surface area contributed by atoms with Crippen LogP contribution in [0.3, 0.4) is 0 Å². The lowest BCUT2D eigenvalue weighted by Gasteiger charge is -2.06. The van der Waals surface area contributed by atoms with E-state index in [-0.39, 0.29) is 11.3 Å². The third-order valence-corrected chi connectivity index (χ3v) is 5.61. The Balaban J connectivity index is 2.15. The molecule has 2 aromatic carbocycles. The lowest BCUT2D eigenvalue weighted by atomic mass is 10.0. The Hall–Kier alpha value is -2.80. The van der Waals surface area contributed by atoms with Crippen LogP contribution < -0.4 is 0 Å². The summed E-state index contributed by atoms with van der Waals surface area (Å²) in [7, 11) is -3.33. The minimum atomic E-state index is -3.33. The van der Waals surface area contributed by atoms with E-state index in [1.165, 1.54) is 12.1 Å². The average Bonchev–Trinajstić information content (AvgIpc) is 2.80. The van der Waals surface area contributed by atoms with Gasteiger partial charge in [0.2, 0.25) is 0 Å². The van der Waals surface area contributed by atoms with Gasteiger partial charge in [-0.2, -0.15) is 0 Å². The predicted octanol–water partition coefficient (Wildman–Crippen LogP) is 4.17. The predicted molar refractivity (Wildman–Crippen MR) is 98.6 cm³/mol. The summed E-state index contributed by atoms with van der Waals surface area (Å²) in [5.74, 6) is -3.13. The standard InChI is InChI=1S/C20H16F2O4S/c1-11-14(7-12-3-5-13(6-4-12)27(2,25)26)16-8-18(21)19(22)9-17(16)15(11)10-20(23)24/h3-9H,10H2,1-2H3,(H,23,24)/b14-7-. The van der Waals surface area contributed by atoms with Crippen LogP contribution in [0.15, 0.2) is 46.9 Å². The summed E-state index contributed by atoms with van der Waals surface area (Å²) in [5, 5.41) is 9.15. The number of halogens is 2. The van der Waals surface area contributed by atoms with Gasteiger partial charge in [0, 0.05) is 6.26 Å². The highest BCUT2D eigenvalue weighted by atomic mass is 32.2. The minimum Gasteiger partial charge on any atom is -0.481 e. The van der Waals surface area contributed by atoms with Crippen molar-refractivity contribution in [1.82, 2.24) is 0 Å². The Kier molecular flexibility index (Phi) is 4.73. The first kappa shape index (κ1) is 19.0. The molecule has 0 saturated heterocycles. The van der Waals surface area contributed by atoms with Gasteiger partial charge < -0.3 is 5.11 Å². The number of carbonyl (C=O) groups is 1. The minimum absolute atomic E-state index is 0.170. The van der Waals surface area contributed by atoms with Crippen LogP contribution >= 0.6 is 0 Å². The number of hydrogen-bond donors (Lipinski definition) is 1. The fourth-order valence-electron chi connectivity index (χ4n) is 3.13. The van der Waals surface area contributed by atoms with Crippen molar-refractivity contribution in [1.29, 1.82) is 0 Å². The number of hydrogen-bond acceptors (Lipinski definition) is 3. The van der Waals surface area contributed by atoms with Crippen molar-refractivity contribution in [3.63, 3.8) is 0 Å². The number of rotatable bonds is 4. The van der Waals surface area contributed by atoms with Crippen LogP contribution in [0, 0.1) is 11.6 Å². The molecule has 0 aromatic heterocycles. The molecule has 2 aromatic rings. The molecule has 1 aliphatic carbocycles. The van der Waals surface area contributed by atoms with Crippen molar-refractivity contribution in [2.24, 2.45) is 0 Å². The Labute approximate surface area is 155 Å². The summed E-state index contributed by atoms with van der Waals surface area (Å²) in [4.78, 5) is 11.4. The molecule has 0 saturated carbocycles. The maximum absolute atomic E-state index is 13.8. The average molecular weight is 390 g/mol. The molecule has 0 heterocycles. The van der Waals surface area contributed by atoms with Crippen molar-refractivity contribution >= 4 is 33.0 Å². The van der Waals surface area contributed by atoms with E-state index in [4.69, 9.17) is 5.11 Å². The Morgan fingerprint density at radius 2 is 1.63 bits per heavy atom. The molecular weight excluding hydrogens is 374 g/mol. The van der Waals surface area contributed by atoms with Crippen LogP contribution in [0.2, 0.25) is 0 Å². The molecule has 0 amide bonds. The van der Waals surface area contributed by atoms with E-state index in [9.17, 15) is 22.0 Å². The van der Waals surface area contributed by atoms with Gasteiger partial charge in [-0.1, -0.05) is 12.1 Å². The molecule has 27 heavy (non-hydrogen) atoms. The van der Waals surface area contributed by atoms with Crippen LogP contribution in [-0.2, 0) is 14.6 Å². The van der Waals surface area contributed by atoms with E-state index in [1.54, 1.807) is 25.1 Å². The first-order valence-corrected chi connectivity index (χ1v) is 9.90. The van der Waals surface area contributed by atoms with Crippen LogP contribution in [0.25, 0.3) is 17.2 Å². The zero-order valence-electron chi connectivity index (χ0n) is 14.6. The third kappa shape index (κ3) is 3.68. The first-order valence-electron chi connectivity index (χ1n) is 8.01. The molecule has 0 bridgehead atoms. The highest BCUT2D eigenvalue weighted by Crippen LogP contribution is 2.44. The van der Waals surface area contributed by atoms with Gasteiger partial charge in [0.15, 0.2) is 21.5 Å². The van der Waals surface area contributed by atoms with Crippen molar-refractivity contribution in [2.75, 3.05) is 6.26 Å². The van der Waals surface area contributed by atoms with Crippen LogP contribution in [0.1, 0.15) is 30.0 Å². The van der Waals surface area contributed by atoms with Crippen LogP contribution in [0.4, 0.5) is 8.78 Å². The van der Waals surface area contributed by atoms with Gasteiger partial charge in [-0.25, -0.2) is 17.2 Å². The topological polar surface area (TPSA) is 71.4 Å². The molecule has 0 fully saturated rings. The zero-order valence-corrected chi connectivity index (χ0v) is 15.4. The Morgan fingerprint density at radius 3 is 2.15 bits per heavy atom. The summed E-state index contributed by atoms with van der Waals surface area (Å²) in [6, 6.07) is 8.19. The maximum Gasteiger partial charge on any atom is 0.307 e. The lowest BCUT2D eigenvalue weighted by Crippen LogP contribution is -1.98. The molecule has 140 valence electrons. The van der Waals surface area contributed by atoms with Gasteiger partial charge in [-0.05, 0) is 70.7 Å². The molecule has 0 unspecified atom stereocenters. The van der Waals surface area contributed by atoms with E-state index in [0.717, 1.165) is 18.4 Å². The van der Waals surface area contributed by atoms with Crippen LogP contribution in [0.5, 0.6) is 0 Å². The fourth-order valence-corrected chi connectivity index (χ4v) is 3.76. The second-order valence-corrected chi connectivity index (χ2v) is 8.40. The molecule has 1 aliphatic rings. The van der Waals surface area contributed by atoms with Crippen molar-refractivity contribution < 1.29 is 27.1 Å². The molecule has 7 heteroatoms. The van der Waals surface area contributed by atoms with Gasteiger partial charge in [0.05, 0.1) is 11.3 Å². The molecule has 0 spiro atoms. The molecule has 0 atom stereocenters. The third-order valence-electron chi connectivity index (χ3n) is 4.48. The van der Waals surface area contributed by atoms with Gasteiger partial charge in [-0.3, -0.25) is 4.79 Å². The van der Waals surface area contributed by atoms with E-state index in [0.29, 0.717) is 33.4 Å². The van der Waals surface area contributed by atoms with Crippen molar-refractivity contribution in [3.8, 4) is 0 Å². The van der Waals surface area contributed by atoms with Gasteiger partial charge >= 0.3 is 5.97 Å². The quantitative estimate of drug-likeness (QED) is 0.851. The highest BCUT2D eigenvalue weighted by molar-refractivity contribution is 7.90. The van der Waals surface area contributed by atoms with Crippen LogP contribution in [-0.4, -0.2) is 25.7 Å². The lowest BCUT2D eigenvalue weighted by molar-refractivity contribution is -0.135. The summed E-state index contributed by atoms with van der Waals surface area (Å²) in [6.45, 7) is 1.70. The zero-order chi connectivity index (χ0) is 19.9. The number of carboxylic acids is 1. The van der Waals surface area contributed by atoms with Gasteiger partial charge in [0.1, 0.15) is 0 Å². The normalized spacial score (nSPS) is 15.3. The fraction of sp³-hybridized carbons (Fsp3) is 0.150. The van der Waals surface area contributed by atoms with Crippen molar-refractivity contribution in [2.45, 2.75) is 18.2 Å². The molecule has 0 radical (unpaired) electrons. The van der Waals surface area contributed by atoms with Gasteiger partial charge in [0.25, 0.3) is 0 Å². The summed E-state index contributed by atoms with van der Waals surface area (Å²) in [6.07, 6.45) is 2.50. The number of fused-ring (bicyclic) bond motifs is 1. The summed E-state index contributed by atoms with van der Waals surface area (Å²) in [5.41, 5.74) is 3.04. The molecule has 0 aliphatic heterocycles. The Bertz CT molecular complexity index is 1110. The molecular formula is C20H16F2O4S. The second kappa shape index (κ2) is 6.74. The maximum atomic E-state index is 13.8. The number of benzene rings is 2. The van der Waals surface area contributed by atoms with Crippen molar-refractivity contribution in [3.05, 3.63) is 70.3 Å². The van der Waals surface area contributed by atoms with E-state index in [2.05, 4.69) is 0 Å². The summed E-state index contributed by atoms with van der Waals surface area (Å²) >= 11 is 0. The van der Waals surface area contributed by atoms with E-state index in [1.807, 2.05) is 0 Å². The number of sulfone groups is 1. The number of aliphatic carboxylic acids is 1. The molecule has 3 rings (SSSR count). The Morgan fingerprint density at radius 1 is 1.07 bits per heavy atom. The smallest absolute Gasteiger partial charge is 0.307 e. The second-order valence-electron chi connectivity index (χ2n) is 6.39. The SMILES string of the molecule is CC1=C(CC(=O)O)c2cc(F)c(F)cc2/C1=C\c1ccc(S(C)(=O)=O)cc1. The highest BCUT2D eigenvalue weighted by Gasteiger charge is 2.27. The largest absolute Gasteiger partial charge is 0.481 e. The monoisotopic (exact) mass is 390 g/mol. The van der Waals surface area contributed by atoms with E-state index < -0.39 is 27.4 Å². The molecule has 4 nitrogen and oxygen atoms in total. The number of allylic oxidation sites excluding steroid dienone is 2. The first-order chi connectivity index (χ1) is 12.6. The van der Waals surface area contributed by atoms with E-state index >= 15 is 0 Å². The molecule has 1 N–H and O–H groups in total. The van der Waals surface area contributed by atoms with Gasteiger partial charge in [-0.15, -0.1) is 0 Å². The number of carboxylic acid groups (broad SMARTS) is 1. The summed E-state index contributed by atoms with van der Waals surface area (Å²) < 4.78 is 50.6.